The zero-order valence-corrected chi connectivity index (χ0v) is 6.05. The third kappa shape index (κ3) is 0.943. The van der Waals surface area contributed by atoms with Crippen molar-refractivity contribution in [3.63, 3.8) is 0 Å². The SMILES string of the molecule is CCc1nnc(C)n1C. The Morgan fingerprint density at radius 2 is 2.11 bits per heavy atom. The van der Waals surface area contributed by atoms with Crippen molar-refractivity contribution in [1.29, 1.82) is 0 Å². The Labute approximate surface area is 54.7 Å². The molecule has 0 N–H and O–H groups in total. The molecule has 0 unspecified atom stereocenters. The fraction of sp³-hybridized carbons (Fsp3) is 0.667. The molecular formula is C6H11N3. The van der Waals surface area contributed by atoms with Crippen LogP contribution in [0.5, 0.6) is 0 Å². The molecule has 3 heteroatoms. The Morgan fingerprint density at radius 3 is 2.33 bits per heavy atom. The van der Waals surface area contributed by atoms with Crippen LogP contribution in [0.25, 0.3) is 0 Å². The van der Waals surface area contributed by atoms with Crippen molar-refractivity contribution < 1.29 is 0 Å². The van der Waals surface area contributed by atoms with E-state index in [-0.39, 0.29) is 0 Å². The summed E-state index contributed by atoms with van der Waals surface area (Å²) in [4.78, 5) is 0. The third-order valence-electron chi connectivity index (χ3n) is 1.50. The van der Waals surface area contributed by atoms with Gasteiger partial charge in [0.25, 0.3) is 0 Å². The van der Waals surface area contributed by atoms with Gasteiger partial charge in [0, 0.05) is 13.5 Å². The first-order valence-electron chi connectivity index (χ1n) is 3.10. The van der Waals surface area contributed by atoms with Crippen LogP contribution < -0.4 is 0 Å². The molecule has 3 nitrogen and oxygen atoms in total. The van der Waals surface area contributed by atoms with E-state index < -0.39 is 0 Å². The van der Waals surface area contributed by atoms with E-state index in [1.807, 2.05) is 18.5 Å². The first-order valence-corrected chi connectivity index (χ1v) is 3.10. The van der Waals surface area contributed by atoms with E-state index in [0.717, 1.165) is 18.1 Å². The zero-order valence-electron chi connectivity index (χ0n) is 6.05. The van der Waals surface area contributed by atoms with Crippen LogP contribution in [0.3, 0.4) is 0 Å². The summed E-state index contributed by atoms with van der Waals surface area (Å²) < 4.78 is 2.00. The highest BCUT2D eigenvalue weighted by molar-refractivity contribution is 4.91. The van der Waals surface area contributed by atoms with Crippen LogP contribution in [0, 0.1) is 6.92 Å². The van der Waals surface area contributed by atoms with Gasteiger partial charge in [0.05, 0.1) is 0 Å². The monoisotopic (exact) mass is 125 g/mol. The van der Waals surface area contributed by atoms with E-state index in [9.17, 15) is 0 Å². The van der Waals surface area contributed by atoms with E-state index in [0.29, 0.717) is 0 Å². The second-order valence-corrected chi connectivity index (χ2v) is 2.08. The van der Waals surface area contributed by atoms with Gasteiger partial charge in [-0.15, -0.1) is 10.2 Å². The molecular weight excluding hydrogens is 114 g/mol. The van der Waals surface area contributed by atoms with Crippen molar-refractivity contribution in [2.75, 3.05) is 0 Å². The molecule has 0 aliphatic rings. The normalized spacial score (nSPS) is 10.1. The molecule has 0 saturated carbocycles. The average molecular weight is 125 g/mol. The van der Waals surface area contributed by atoms with Gasteiger partial charge in [0.2, 0.25) is 0 Å². The van der Waals surface area contributed by atoms with Crippen LogP contribution in [0.4, 0.5) is 0 Å². The Balaban J connectivity index is 3.04. The average Bonchev–Trinajstić information content (AvgIpc) is 2.15. The first-order chi connectivity index (χ1) is 4.25. The van der Waals surface area contributed by atoms with Crippen molar-refractivity contribution in [3.8, 4) is 0 Å². The van der Waals surface area contributed by atoms with Crippen molar-refractivity contribution >= 4 is 0 Å². The van der Waals surface area contributed by atoms with E-state index in [1.165, 1.54) is 0 Å². The van der Waals surface area contributed by atoms with Gasteiger partial charge in [-0.25, -0.2) is 0 Å². The molecule has 0 aliphatic heterocycles. The number of aromatic nitrogens is 3. The van der Waals surface area contributed by atoms with E-state index in [2.05, 4.69) is 17.1 Å². The molecule has 0 spiro atoms. The predicted molar refractivity (Wildman–Crippen MR) is 35.1 cm³/mol. The summed E-state index contributed by atoms with van der Waals surface area (Å²) >= 11 is 0. The Morgan fingerprint density at radius 1 is 1.44 bits per heavy atom. The third-order valence-corrected chi connectivity index (χ3v) is 1.50. The lowest BCUT2D eigenvalue weighted by molar-refractivity contribution is 0.785. The van der Waals surface area contributed by atoms with Crippen molar-refractivity contribution in [2.24, 2.45) is 7.05 Å². The quantitative estimate of drug-likeness (QED) is 0.552. The summed E-state index contributed by atoms with van der Waals surface area (Å²) in [5.41, 5.74) is 0. The number of aryl methyl sites for hydroxylation is 2. The molecule has 1 aromatic rings. The van der Waals surface area contributed by atoms with Crippen LogP contribution in [0.15, 0.2) is 0 Å². The number of hydrogen-bond acceptors (Lipinski definition) is 2. The second-order valence-electron chi connectivity index (χ2n) is 2.08. The summed E-state index contributed by atoms with van der Waals surface area (Å²) in [5.74, 6) is 2.03. The Kier molecular flexibility index (Phi) is 1.51. The van der Waals surface area contributed by atoms with Crippen LogP contribution in [-0.2, 0) is 13.5 Å². The minimum atomic E-state index is 0.956. The molecule has 0 fully saturated rings. The number of rotatable bonds is 1. The van der Waals surface area contributed by atoms with Crippen molar-refractivity contribution in [1.82, 2.24) is 14.8 Å². The van der Waals surface area contributed by atoms with Gasteiger partial charge >= 0.3 is 0 Å². The molecule has 0 atom stereocenters. The van der Waals surface area contributed by atoms with Crippen molar-refractivity contribution in [3.05, 3.63) is 11.6 Å². The van der Waals surface area contributed by atoms with Gasteiger partial charge in [-0.05, 0) is 6.92 Å². The minimum Gasteiger partial charge on any atom is -0.318 e. The van der Waals surface area contributed by atoms with Crippen molar-refractivity contribution in [2.45, 2.75) is 20.3 Å². The van der Waals surface area contributed by atoms with E-state index in [1.54, 1.807) is 0 Å². The summed E-state index contributed by atoms with van der Waals surface area (Å²) in [6, 6.07) is 0. The lowest BCUT2D eigenvalue weighted by Gasteiger charge is -1.94. The standard InChI is InChI=1S/C6H11N3/c1-4-6-8-7-5(2)9(6)3/h4H2,1-3H3. The fourth-order valence-electron chi connectivity index (χ4n) is 0.759. The van der Waals surface area contributed by atoms with E-state index >= 15 is 0 Å². The minimum absolute atomic E-state index is 0.956. The molecule has 1 aromatic heterocycles. The maximum absolute atomic E-state index is 3.95. The van der Waals surface area contributed by atoms with Crippen LogP contribution in [-0.4, -0.2) is 14.8 Å². The van der Waals surface area contributed by atoms with Gasteiger partial charge in [0.1, 0.15) is 11.6 Å². The van der Waals surface area contributed by atoms with Crippen LogP contribution in [0.1, 0.15) is 18.6 Å². The first kappa shape index (κ1) is 6.26. The predicted octanol–water partition coefficient (Wildman–Crippen LogP) is 0.686. The zero-order chi connectivity index (χ0) is 6.85. The molecule has 1 heterocycles. The molecule has 0 amide bonds. The molecule has 0 radical (unpaired) electrons. The van der Waals surface area contributed by atoms with Gasteiger partial charge in [-0.2, -0.15) is 0 Å². The van der Waals surface area contributed by atoms with Gasteiger partial charge in [-0.3, -0.25) is 0 Å². The second kappa shape index (κ2) is 2.17. The van der Waals surface area contributed by atoms with Gasteiger partial charge < -0.3 is 4.57 Å². The molecule has 1 rings (SSSR count). The number of hydrogen-bond donors (Lipinski definition) is 0. The molecule has 9 heavy (non-hydrogen) atoms. The smallest absolute Gasteiger partial charge is 0.132 e. The highest BCUT2D eigenvalue weighted by atomic mass is 15.3. The Hall–Kier alpha value is -0.860. The largest absolute Gasteiger partial charge is 0.318 e. The summed E-state index contributed by atoms with van der Waals surface area (Å²) in [6.07, 6.45) is 0.956. The summed E-state index contributed by atoms with van der Waals surface area (Å²) in [5, 5.41) is 7.85. The molecule has 50 valence electrons. The van der Waals surface area contributed by atoms with Gasteiger partial charge in [-0.1, -0.05) is 6.92 Å². The fourth-order valence-corrected chi connectivity index (χ4v) is 0.759. The lowest BCUT2D eigenvalue weighted by atomic mass is 10.4. The summed E-state index contributed by atoms with van der Waals surface area (Å²) in [6.45, 7) is 4.02. The van der Waals surface area contributed by atoms with Gasteiger partial charge in [0.15, 0.2) is 0 Å². The lowest BCUT2D eigenvalue weighted by Crippen LogP contribution is -1.96. The highest BCUT2D eigenvalue weighted by Crippen LogP contribution is 1.96. The maximum atomic E-state index is 3.95. The molecule has 0 aromatic carbocycles. The van der Waals surface area contributed by atoms with Crippen LogP contribution in [0.2, 0.25) is 0 Å². The van der Waals surface area contributed by atoms with Crippen LogP contribution >= 0.6 is 0 Å². The topological polar surface area (TPSA) is 30.7 Å². The molecule has 0 saturated heterocycles. The molecule has 0 bridgehead atoms. The summed E-state index contributed by atoms with van der Waals surface area (Å²) in [7, 11) is 1.98. The number of nitrogens with zero attached hydrogens (tertiary/aromatic N) is 3. The van der Waals surface area contributed by atoms with E-state index in [4.69, 9.17) is 0 Å². The highest BCUT2D eigenvalue weighted by Gasteiger charge is 1.99. The molecule has 0 aliphatic carbocycles. The Bertz CT molecular complexity index is 202. The maximum Gasteiger partial charge on any atom is 0.132 e.